The minimum absolute atomic E-state index is 0.134. The monoisotopic (exact) mass is 507 g/mol. The molecule has 1 saturated heterocycles. The van der Waals surface area contributed by atoms with Crippen molar-refractivity contribution >= 4 is 26.3 Å². The SMILES string of the molecule is COC(=O)C1CN(Cc2cccc(-c3ccnc([As]CCc4ccc(O)cc4)n3)c2)CCN1. The Morgan fingerprint density at radius 2 is 2.06 bits per heavy atom. The van der Waals surface area contributed by atoms with Crippen molar-refractivity contribution in [2.45, 2.75) is 24.2 Å². The Morgan fingerprint density at radius 1 is 1.21 bits per heavy atom. The molecule has 1 aliphatic rings. The third-order valence-electron chi connectivity index (χ3n) is 5.61. The zero-order valence-corrected chi connectivity index (χ0v) is 20.5. The number of carbonyl (C=O) groups excluding carboxylic acids is 1. The molecule has 8 heteroatoms. The van der Waals surface area contributed by atoms with Gasteiger partial charge >= 0.3 is 194 Å². The number of hydrogen-bond acceptors (Lipinski definition) is 7. The molecule has 1 aromatic heterocycles. The second-order valence-corrected chi connectivity index (χ2v) is 10.4. The molecule has 0 saturated carbocycles. The van der Waals surface area contributed by atoms with Crippen molar-refractivity contribution in [1.29, 1.82) is 0 Å². The summed E-state index contributed by atoms with van der Waals surface area (Å²) in [6.07, 6.45) is 2.80. The maximum atomic E-state index is 11.9. The van der Waals surface area contributed by atoms with Crippen LogP contribution in [0.4, 0.5) is 0 Å². The first kappa shape index (κ1) is 23.4. The Labute approximate surface area is 200 Å². The van der Waals surface area contributed by atoms with E-state index in [1.54, 1.807) is 12.1 Å². The predicted molar refractivity (Wildman–Crippen MR) is 129 cm³/mol. The van der Waals surface area contributed by atoms with E-state index in [2.05, 4.69) is 39.5 Å². The van der Waals surface area contributed by atoms with Gasteiger partial charge in [-0.05, 0) is 0 Å². The second-order valence-electron chi connectivity index (χ2n) is 8.01. The number of phenolic OH excluding ortho intramolecular Hbond substituents is 1. The summed E-state index contributed by atoms with van der Waals surface area (Å²) in [5, 5.41) is 13.7. The van der Waals surface area contributed by atoms with Crippen molar-refractivity contribution in [3.05, 3.63) is 71.9 Å². The molecule has 7 nitrogen and oxygen atoms in total. The molecule has 4 rings (SSSR count). The van der Waals surface area contributed by atoms with E-state index >= 15 is 0 Å². The number of piperazine rings is 1. The van der Waals surface area contributed by atoms with Crippen LogP contribution in [0.5, 0.6) is 5.75 Å². The van der Waals surface area contributed by atoms with Gasteiger partial charge < -0.3 is 0 Å². The van der Waals surface area contributed by atoms with Gasteiger partial charge in [0.1, 0.15) is 0 Å². The number of methoxy groups -OCH3 is 1. The van der Waals surface area contributed by atoms with E-state index in [1.165, 1.54) is 18.2 Å². The zero-order valence-electron chi connectivity index (χ0n) is 18.6. The topological polar surface area (TPSA) is 87.6 Å². The van der Waals surface area contributed by atoms with Gasteiger partial charge in [0.05, 0.1) is 7.11 Å². The van der Waals surface area contributed by atoms with Gasteiger partial charge in [-0.2, -0.15) is 0 Å². The summed E-state index contributed by atoms with van der Waals surface area (Å²) in [4.78, 5) is 23.5. The van der Waals surface area contributed by atoms with Crippen LogP contribution in [0.1, 0.15) is 11.1 Å². The van der Waals surface area contributed by atoms with E-state index in [0.29, 0.717) is 12.3 Å². The molecule has 2 aromatic carbocycles. The summed E-state index contributed by atoms with van der Waals surface area (Å²) in [6, 6.07) is 17.5. The van der Waals surface area contributed by atoms with Crippen LogP contribution in [0.15, 0.2) is 60.8 Å². The molecule has 1 unspecified atom stereocenters. The molecule has 0 bridgehead atoms. The average Bonchev–Trinajstić information content (AvgIpc) is 2.85. The number of nitrogens with zero attached hydrogens (tertiary/aromatic N) is 3. The van der Waals surface area contributed by atoms with E-state index in [0.717, 1.165) is 47.1 Å². The van der Waals surface area contributed by atoms with Gasteiger partial charge in [0, 0.05) is 0 Å². The molecule has 1 atom stereocenters. The second kappa shape index (κ2) is 11.4. The van der Waals surface area contributed by atoms with Crippen LogP contribution in [0.2, 0.25) is 5.21 Å². The Hall–Kier alpha value is -2.73. The number of esters is 1. The van der Waals surface area contributed by atoms with Crippen molar-refractivity contribution in [2.24, 2.45) is 0 Å². The number of aromatic nitrogens is 2. The Kier molecular flexibility index (Phi) is 8.10. The Balaban J connectivity index is 1.37. The molecule has 0 amide bonds. The molecule has 1 fully saturated rings. The van der Waals surface area contributed by atoms with E-state index in [9.17, 15) is 9.90 Å². The molecule has 171 valence electrons. The number of carbonyl (C=O) groups is 1. The quantitative estimate of drug-likeness (QED) is 0.355. The van der Waals surface area contributed by atoms with Crippen molar-refractivity contribution < 1.29 is 14.6 Å². The van der Waals surface area contributed by atoms with Crippen LogP contribution < -0.4 is 9.93 Å². The van der Waals surface area contributed by atoms with Gasteiger partial charge in [-0.25, -0.2) is 0 Å². The number of phenols is 1. The fourth-order valence-electron chi connectivity index (χ4n) is 3.87. The molecule has 1 radical (unpaired) electrons. The number of ether oxygens (including phenoxy) is 1. The number of rotatable bonds is 8. The molecule has 33 heavy (non-hydrogen) atoms. The fourth-order valence-corrected chi connectivity index (χ4v) is 5.76. The van der Waals surface area contributed by atoms with Crippen molar-refractivity contribution in [2.75, 3.05) is 26.7 Å². The Morgan fingerprint density at radius 3 is 2.88 bits per heavy atom. The number of nitrogens with one attached hydrogen (secondary N) is 1. The van der Waals surface area contributed by atoms with Crippen LogP contribution in [0, 0.1) is 0 Å². The number of hydrogen-bond donors (Lipinski definition) is 2. The molecule has 2 N–H and O–H groups in total. The molecule has 0 spiro atoms. The molecule has 1 aliphatic heterocycles. The number of aryl methyl sites for hydroxylation is 1. The summed E-state index contributed by atoms with van der Waals surface area (Å²) in [5.74, 6) is 0.0840. The third-order valence-corrected chi connectivity index (χ3v) is 7.59. The normalized spacial score (nSPS) is 16.8. The van der Waals surface area contributed by atoms with Crippen LogP contribution in [0.3, 0.4) is 0 Å². The number of aromatic hydroxyl groups is 1. The van der Waals surface area contributed by atoms with E-state index < -0.39 is 0 Å². The standard InChI is InChI=1S/C25H28AsN4O3/c1-33-24(32)23-17-30(14-13-27-23)16-19-3-2-4-20(15-19)22-10-12-28-25(29-22)26-11-9-18-5-7-21(31)8-6-18/h2-8,10,12,15,23,27,31H,9,11,13-14,16-17H2,1H3. The van der Waals surface area contributed by atoms with Gasteiger partial charge in [-0.3, -0.25) is 0 Å². The molecular weight excluding hydrogens is 479 g/mol. The maximum absolute atomic E-state index is 11.9. The first-order valence-electron chi connectivity index (χ1n) is 11.0. The van der Waals surface area contributed by atoms with Crippen LogP contribution in [0.25, 0.3) is 11.3 Å². The first-order valence-corrected chi connectivity index (χ1v) is 13.3. The molecule has 0 aliphatic carbocycles. The minimum atomic E-state index is -0.277. The third kappa shape index (κ3) is 6.64. The Bertz CT molecular complexity index is 1080. The summed E-state index contributed by atoms with van der Waals surface area (Å²) in [5.41, 5.74) is 4.43. The molecule has 2 heterocycles. The van der Waals surface area contributed by atoms with Crippen LogP contribution >= 0.6 is 0 Å². The van der Waals surface area contributed by atoms with Gasteiger partial charge in [0.25, 0.3) is 0 Å². The van der Waals surface area contributed by atoms with Gasteiger partial charge in [0.15, 0.2) is 0 Å². The van der Waals surface area contributed by atoms with Gasteiger partial charge in [-0.15, -0.1) is 0 Å². The zero-order chi connectivity index (χ0) is 23.0. The average molecular weight is 507 g/mol. The summed E-state index contributed by atoms with van der Waals surface area (Å²) in [7, 11) is 1.43. The first-order chi connectivity index (χ1) is 16.1. The summed E-state index contributed by atoms with van der Waals surface area (Å²) in [6.45, 7) is 3.07. The van der Waals surface area contributed by atoms with Crippen molar-refractivity contribution in [3.8, 4) is 17.0 Å². The number of benzene rings is 2. The summed E-state index contributed by atoms with van der Waals surface area (Å²) < 4.78 is 5.81. The van der Waals surface area contributed by atoms with Crippen LogP contribution in [-0.2, 0) is 22.5 Å². The molecular formula is C25H28AsN4O3. The fraction of sp³-hybridized carbons (Fsp3) is 0.320. The van der Waals surface area contributed by atoms with Crippen molar-refractivity contribution in [1.82, 2.24) is 20.2 Å². The molecule has 3 aromatic rings. The van der Waals surface area contributed by atoms with E-state index in [1.807, 2.05) is 24.4 Å². The van der Waals surface area contributed by atoms with Crippen molar-refractivity contribution in [3.63, 3.8) is 0 Å². The van der Waals surface area contributed by atoms with Crippen LogP contribution in [-0.4, -0.2) is 74.5 Å². The van der Waals surface area contributed by atoms with Gasteiger partial charge in [0.2, 0.25) is 0 Å². The van der Waals surface area contributed by atoms with E-state index in [4.69, 9.17) is 9.72 Å². The van der Waals surface area contributed by atoms with E-state index in [-0.39, 0.29) is 27.8 Å². The summed E-state index contributed by atoms with van der Waals surface area (Å²) >= 11 is -0.134. The predicted octanol–water partition coefficient (Wildman–Crippen LogP) is 1.79. The van der Waals surface area contributed by atoms with Gasteiger partial charge in [-0.1, -0.05) is 0 Å².